The van der Waals surface area contributed by atoms with Crippen molar-refractivity contribution in [3.8, 4) is 11.6 Å². The highest BCUT2D eigenvalue weighted by atomic mass is 35.5. The number of aromatic nitrogens is 2. The first-order chi connectivity index (χ1) is 8.11. The monoisotopic (exact) mass is 270 g/mol. The largest absolute Gasteiger partial charge is 0.478 e. The topological polar surface area (TPSA) is 27.1 Å². The highest BCUT2D eigenvalue weighted by Gasteiger charge is 2.09. The molecule has 0 amide bonds. The van der Waals surface area contributed by atoms with E-state index in [0.717, 1.165) is 11.4 Å². The molecule has 0 aliphatic rings. The summed E-state index contributed by atoms with van der Waals surface area (Å²) >= 11 is 11.9. The van der Waals surface area contributed by atoms with Gasteiger partial charge in [0, 0.05) is 6.07 Å². The molecular weight excluding hydrogens is 259 g/mol. The van der Waals surface area contributed by atoms with Crippen molar-refractivity contribution in [1.29, 1.82) is 0 Å². The van der Waals surface area contributed by atoms with Crippen molar-refractivity contribution < 1.29 is 4.74 Å². The Bertz CT molecular complexity index is 537. The van der Waals surface area contributed by atoms with Crippen LogP contribution in [0.1, 0.15) is 12.6 Å². The number of benzene rings is 1. The van der Waals surface area contributed by atoms with Crippen LogP contribution in [0.25, 0.3) is 5.69 Å². The summed E-state index contributed by atoms with van der Waals surface area (Å²) in [5.41, 5.74) is 1.72. The van der Waals surface area contributed by atoms with Crippen LogP contribution < -0.4 is 4.74 Å². The Morgan fingerprint density at radius 3 is 2.65 bits per heavy atom. The van der Waals surface area contributed by atoms with Gasteiger partial charge in [-0.3, -0.25) is 0 Å². The summed E-state index contributed by atoms with van der Waals surface area (Å²) in [5.74, 6) is 0.698. The number of aryl methyl sites for hydroxylation is 1. The van der Waals surface area contributed by atoms with Crippen molar-refractivity contribution in [3.63, 3.8) is 0 Å². The van der Waals surface area contributed by atoms with Crippen molar-refractivity contribution in [2.75, 3.05) is 6.61 Å². The number of ether oxygens (including phenoxy) is 1. The molecule has 0 fully saturated rings. The van der Waals surface area contributed by atoms with Gasteiger partial charge < -0.3 is 4.74 Å². The molecule has 0 aliphatic carbocycles. The maximum atomic E-state index is 5.99. The first-order valence-corrected chi connectivity index (χ1v) is 6.02. The van der Waals surface area contributed by atoms with Gasteiger partial charge in [-0.15, -0.1) is 0 Å². The molecule has 0 aliphatic heterocycles. The van der Waals surface area contributed by atoms with E-state index in [1.54, 1.807) is 16.8 Å². The van der Waals surface area contributed by atoms with E-state index in [-0.39, 0.29) is 0 Å². The van der Waals surface area contributed by atoms with E-state index in [1.807, 2.05) is 26.0 Å². The van der Waals surface area contributed by atoms with Crippen LogP contribution in [0.3, 0.4) is 0 Å². The minimum atomic E-state index is 0.500. The predicted octanol–water partition coefficient (Wildman–Crippen LogP) is 3.89. The van der Waals surface area contributed by atoms with Crippen LogP contribution in [0.5, 0.6) is 5.88 Å². The molecule has 5 heteroatoms. The zero-order valence-corrected chi connectivity index (χ0v) is 11.1. The van der Waals surface area contributed by atoms with Gasteiger partial charge >= 0.3 is 0 Å². The number of hydrogen-bond donors (Lipinski definition) is 0. The first-order valence-electron chi connectivity index (χ1n) is 5.26. The third kappa shape index (κ3) is 2.56. The van der Waals surface area contributed by atoms with Crippen molar-refractivity contribution >= 4 is 23.2 Å². The molecule has 0 unspecified atom stereocenters. The summed E-state index contributed by atoms with van der Waals surface area (Å²) in [5, 5.41) is 5.39. The minimum absolute atomic E-state index is 0.500. The zero-order chi connectivity index (χ0) is 12.4. The molecule has 1 aromatic carbocycles. The van der Waals surface area contributed by atoms with Gasteiger partial charge in [-0.25, -0.2) is 4.68 Å². The van der Waals surface area contributed by atoms with Gasteiger partial charge in [0.15, 0.2) is 0 Å². The lowest BCUT2D eigenvalue weighted by molar-refractivity contribution is 0.316. The fraction of sp³-hybridized carbons (Fsp3) is 0.250. The number of halogens is 2. The summed E-state index contributed by atoms with van der Waals surface area (Å²) in [4.78, 5) is 0. The van der Waals surface area contributed by atoms with E-state index in [9.17, 15) is 0 Å². The van der Waals surface area contributed by atoms with Crippen LogP contribution in [0, 0.1) is 6.92 Å². The van der Waals surface area contributed by atoms with Crippen LogP contribution in [-0.4, -0.2) is 16.4 Å². The lowest BCUT2D eigenvalue weighted by Gasteiger charge is -2.08. The highest BCUT2D eigenvalue weighted by Crippen LogP contribution is 2.26. The van der Waals surface area contributed by atoms with Gasteiger partial charge in [0.25, 0.3) is 0 Å². The van der Waals surface area contributed by atoms with E-state index in [4.69, 9.17) is 27.9 Å². The Morgan fingerprint density at radius 2 is 2.00 bits per heavy atom. The van der Waals surface area contributed by atoms with Crippen molar-refractivity contribution in [3.05, 3.63) is 40.0 Å². The molecule has 0 atom stereocenters. The zero-order valence-electron chi connectivity index (χ0n) is 9.58. The molecule has 1 heterocycles. The Kier molecular flexibility index (Phi) is 3.60. The van der Waals surface area contributed by atoms with Crippen molar-refractivity contribution in [1.82, 2.24) is 9.78 Å². The van der Waals surface area contributed by atoms with E-state index in [2.05, 4.69) is 5.10 Å². The van der Waals surface area contributed by atoms with Crippen molar-refractivity contribution in [2.24, 2.45) is 0 Å². The Labute approximate surface area is 110 Å². The molecular formula is C12H12Cl2N2O. The Morgan fingerprint density at radius 1 is 1.24 bits per heavy atom. The third-order valence-corrected chi connectivity index (χ3v) is 2.98. The molecule has 0 radical (unpaired) electrons. The Balaban J connectivity index is 2.47. The maximum absolute atomic E-state index is 5.99. The fourth-order valence-electron chi connectivity index (χ4n) is 1.53. The second kappa shape index (κ2) is 4.98. The van der Waals surface area contributed by atoms with Crippen LogP contribution in [0.4, 0.5) is 0 Å². The highest BCUT2D eigenvalue weighted by molar-refractivity contribution is 6.42. The minimum Gasteiger partial charge on any atom is -0.478 e. The summed E-state index contributed by atoms with van der Waals surface area (Å²) in [6, 6.07) is 7.24. The smallest absolute Gasteiger partial charge is 0.216 e. The number of rotatable bonds is 3. The second-order valence-electron chi connectivity index (χ2n) is 3.57. The van der Waals surface area contributed by atoms with E-state index >= 15 is 0 Å². The predicted molar refractivity (Wildman–Crippen MR) is 69.5 cm³/mol. The Hall–Kier alpha value is -1.19. The average molecular weight is 271 g/mol. The van der Waals surface area contributed by atoms with E-state index in [0.29, 0.717) is 22.5 Å². The summed E-state index contributed by atoms with van der Waals surface area (Å²) < 4.78 is 7.22. The van der Waals surface area contributed by atoms with Crippen molar-refractivity contribution in [2.45, 2.75) is 13.8 Å². The van der Waals surface area contributed by atoms with Crippen LogP contribution in [-0.2, 0) is 0 Å². The van der Waals surface area contributed by atoms with Crippen LogP contribution >= 0.6 is 23.2 Å². The van der Waals surface area contributed by atoms with Gasteiger partial charge in [0.2, 0.25) is 5.88 Å². The molecule has 0 saturated heterocycles. The molecule has 17 heavy (non-hydrogen) atoms. The van der Waals surface area contributed by atoms with Gasteiger partial charge in [0.1, 0.15) is 0 Å². The average Bonchev–Trinajstić information content (AvgIpc) is 2.64. The van der Waals surface area contributed by atoms with E-state index in [1.165, 1.54) is 0 Å². The van der Waals surface area contributed by atoms with Crippen LogP contribution in [0.2, 0.25) is 10.0 Å². The molecule has 1 aromatic heterocycles. The second-order valence-corrected chi connectivity index (χ2v) is 4.38. The summed E-state index contributed by atoms with van der Waals surface area (Å²) in [6.07, 6.45) is 0. The molecule has 2 aromatic rings. The fourth-order valence-corrected chi connectivity index (χ4v) is 1.82. The lowest BCUT2D eigenvalue weighted by atomic mass is 10.3. The molecule has 0 N–H and O–H groups in total. The van der Waals surface area contributed by atoms with Gasteiger partial charge in [-0.05, 0) is 32.0 Å². The van der Waals surface area contributed by atoms with E-state index < -0.39 is 0 Å². The van der Waals surface area contributed by atoms with Gasteiger partial charge in [0.05, 0.1) is 28.0 Å². The quantitative estimate of drug-likeness (QED) is 0.846. The SMILES string of the molecule is CCOc1cc(C)nn1-c1ccc(Cl)c(Cl)c1. The maximum Gasteiger partial charge on any atom is 0.216 e. The summed E-state index contributed by atoms with van der Waals surface area (Å²) in [6.45, 7) is 4.44. The van der Waals surface area contributed by atoms with Gasteiger partial charge in [-0.2, -0.15) is 5.10 Å². The molecule has 0 saturated carbocycles. The van der Waals surface area contributed by atoms with Gasteiger partial charge in [-0.1, -0.05) is 23.2 Å². The summed E-state index contributed by atoms with van der Waals surface area (Å²) in [7, 11) is 0. The molecule has 0 bridgehead atoms. The molecule has 0 spiro atoms. The number of nitrogens with zero attached hydrogens (tertiary/aromatic N) is 2. The lowest BCUT2D eigenvalue weighted by Crippen LogP contribution is -2.02. The third-order valence-electron chi connectivity index (χ3n) is 2.24. The molecule has 90 valence electrons. The molecule has 3 nitrogen and oxygen atoms in total. The first kappa shape index (κ1) is 12.3. The van der Waals surface area contributed by atoms with Crippen LogP contribution in [0.15, 0.2) is 24.3 Å². The standard InChI is InChI=1S/C12H12Cl2N2O/c1-3-17-12-6-8(2)15-16(12)9-4-5-10(13)11(14)7-9/h4-7H,3H2,1-2H3. The normalized spacial score (nSPS) is 10.6. The molecule has 2 rings (SSSR count). The number of hydrogen-bond acceptors (Lipinski definition) is 2.